The average Bonchev–Trinajstić information content (AvgIpc) is 2.72. The summed E-state index contributed by atoms with van der Waals surface area (Å²) in [6.07, 6.45) is -1.29. The third-order valence-electron chi connectivity index (χ3n) is 4.21. The molecular formula is C22H18O4. The zero-order chi connectivity index (χ0) is 17.8. The van der Waals surface area contributed by atoms with Crippen molar-refractivity contribution in [3.8, 4) is 11.5 Å². The predicted octanol–water partition coefficient (Wildman–Crippen LogP) is 4.16. The zero-order valence-corrected chi connectivity index (χ0v) is 14.1. The molecule has 4 rings (SSSR count). The van der Waals surface area contributed by atoms with E-state index in [1.54, 1.807) is 6.07 Å². The molecule has 0 saturated carbocycles. The van der Waals surface area contributed by atoms with Gasteiger partial charge in [-0.05, 0) is 23.3 Å². The lowest BCUT2D eigenvalue weighted by Gasteiger charge is -2.27. The first-order valence-electron chi connectivity index (χ1n) is 8.50. The average molecular weight is 346 g/mol. The molecule has 3 aromatic carbocycles. The standard InChI is InChI=1S/C22H18O4/c23-22(20-15-24-18-13-7-8-14-19(18)25-20)26-21(16-9-3-1-4-10-16)17-11-5-2-6-12-17/h1-14,20-21H,15H2/t20-/m0/s1. The van der Waals surface area contributed by atoms with E-state index in [1.165, 1.54) is 0 Å². The van der Waals surface area contributed by atoms with Gasteiger partial charge < -0.3 is 14.2 Å². The minimum atomic E-state index is -0.792. The van der Waals surface area contributed by atoms with E-state index in [1.807, 2.05) is 78.9 Å². The number of hydrogen-bond acceptors (Lipinski definition) is 4. The van der Waals surface area contributed by atoms with Crippen LogP contribution in [0.4, 0.5) is 0 Å². The van der Waals surface area contributed by atoms with Gasteiger partial charge >= 0.3 is 5.97 Å². The molecule has 0 N–H and O–H groups in total. The summed E-state index contributed by atoms with van der Waals surface area (Å²) in [5, 5.41) is 0. The largest absolute Gasteiger partial charge is 0.485 e. The Kier molecular flexibility index (Phi) is 4.56. The number of ether oxygens (including phenoxy) is 3. The SMILES string of the molecule is O=C(OC(c1ccccc1)c1ccccc1)[C@@H]1COc2ccccc2O1. The molecule has 0 unspecified atom stereocenters. The van der Waals surface area contributed by atoms with Gasteiger partial charge in [-0.25, -0.2) is 4.79 Å². The molecule has 1 atom stereocenters. The maximum absolute atomic E-state index is 12.7. The fourth-order valence-corrected chi connectivity index (χ4v) is 2.91. The number of para-hydroxylation sites is 2. The van der Waals surface area contributed by atoms with Crippen LogP contribution in [-0.2, 0) is 9.53 Å². The molecule has 0 bridgehead atoms. The highest BCUT2D eigenvalue weighted by Gasteiger charge is 2.31. The van der Waals surface area contributed by atoms with Crippen LogP contribution in [0.15, 0.2) is 84.9 Å². The van der Waals surface area contributed by atoms with Gasteiger partial charge in [0.15, 0.2) is 17.6 Å². The summed E-state index contributed by atoms with van der Waals surface area (Å²) in [4.78, 5) is 12.7. The maximum atomic E-state index is 12.7. The molecule has 4 nitrogen and oxygen atoms in total. The minimum Gasteiger partial charge on any atom is -0.485 e. The number of benzene rings is 3. The van der Waals surface area contributed by atoms with Gasteiger partial charge in [0.2, 0.25) is 6.10 Å². The molecule has 26 heavy (non-hydrogen) atoms. The lowest BCUT2D eigenvalue weighted by molar-refractivity contribution is -0.158. The highest BCUT2D eigenvalue weighted by molar-refractivity contribution is 5.76. The number of hydrogen-bond donors (Lipinski definition) is 0. The van der Waals surface area contributed by atoms with Crippen molar-refractivity contribution in [2.45, 2.75) is 12.2 Å². The lowest BCUT2D eigenvalue weighted by Crippen LogP contribution is -2.38. The second-order valence-corrected chi connectivity index (χ2v) is 6.00. The zero-order valence-electron chi connectivity index (χ0n) is 14.1. The van der Waals surface area contributed by atoms with Crippen LogP contribution in [0.25, 0.3) is 0 Å². The first-order valence-corrected chi connectivity index (χ1v) is 8.50. The molecule has 0 fully saturated rings. The quantitative estimate of drug-likeness (QED) is 0.666. The Morgan fingerprint density at radius 2 is 1.35 bits per heavy atom. The maximum Gasteiger partial charge on any atom is 0.351 e. The molecule has 1 aliphatic rings. The van der Waals surface area contributed by atoms with Gasteiger partial charge in [-0.15, -0.1) is 0 Å². The molecule has 0 aromatic heterocycles. The third kappa shape index (κ3) is 3.40. The molecule has 130 valence electrons. The Balaban J connectivity index is 1.56. The summed E-state index contributed by atoms with van der Waals surface area (Å²) in [5.41, 5.74) is 1.81. The second-order valence-electron chi connectivity index (χ2n) is 6.00. The molecule has 0 radical (unpaired) electrons. The van der Waals surface area contributed by atoms with Crippen molar-refractivity contribution in [1.82, 2.24) is 0 Å². The van der Waals surface area contributed by atoms with E-state index in [-0.39, 0.29) is 6.61 Å². The van der Waals surface area contributed by atoms with Crippen LogP contribution in [0.2, 0.25) is 0 Å². The Morgan fingerprint density at radius 3 is 1.96 bits per heavy atom. The van der Waals surface area contributed by atoms with Crippen LogP contribution in [-0.4, -0.2) is 18.7 Å². The normalized spacial score (nSPS) is 15.5. The fourth-order valence-electron chi connectivity index (χ4n) is 2.91. The van der Waals surface area contributed by atoms with E-state index in [0.717, 1.165) is 11.1 Å². The predicted molar refractivity (Wildman–Crippen MR) is 97.2 cm³/mol. The van der Waals surface area contributed by atoms with Crippen LogP contribution in [0, 0.1) is 0 Å². The monoisotopic (exact) mass is 346 g/mol. The summed E-state index contributed by atoms with van der Waals surface area (Å²) in [7, 11) is 0. The topological polar surface area (TPSA) is 44.8 Å². The van der Waals surface area contributed by atoms with Gasteiger partial charge in [0.25, 0.3) is 0 Å². The first-order chi connectivity index (χ1) is 12.8. The highest BCUT2D eigenvalue weighted by atomic mass is 16.6. The van der Waals surface area contributed by atoms with Crippen LogP contribution >= 0.6 is 0 Å². The van der Waals surface area contributed by atoms with Crippen LogP contribution in [0.1, 0.15) is 17.2 Å². The van der Waals surface area contributed by atoms with Gasteiger partial charge in [0, 0.05) is 0 Å². The number of rotatable bonds is 4. The van der Waals surface area contributed by atoms with Gasteiger partial charge in [0.1, 0.15) is 6.61 Å². The Morgan fingerprint density at radius 1 is 0.808 bits per heavy atom. The van der Waals surface area contributed by atoms with Crippen molar-refractivity contribution in [2.24, 2.45) is 0 Å². The molecule has 1 aliphatic heterocycles. The molecular weight excluding hydrogens is 328 g/mol. The van der Waals surface area contributed by atoms with E-state index in [0.29, 0.717) is 11.5 Å². The number of fused-ring (bicyclic) bond motifs is 1. The Hall–Kier alpha value is -3.27. The van der Waals surface area contributed by atoms with Gasteiger partial charge in [-0.2, -0.15) is 0 Å². The number of carbonyl (C=O) groups excluding carboxylic acids is 1. The molecule has 0 saturated heterocycles. The van der Waals surface area contributed by atoms with Crippen molar-refractivity contribution in [1.29, 1.82) is 0 Å². The summed E-state index contributed by atoms with van der Waals surface area (Å²) in [6, 6.07) is 26.6. The van der Waals surface area contributed by atoms with Crippen molar-refractivity contribution in [3.63, 3.8) is 0 Å². The summed E-state index contributed by atoms with van der Waals surface area (Å²) >= 11 is 0. The molecule has 4 heteroatoms. The minimum absolute atomic E-state index is 0.131. The summed E-state index contributed by atoms with van der Waals surface area (Å²) in [6.45, 7) is 0.131. The number of carbonyl (C=O) groups is 1. The number of esters is 1. The Bertz CT molecular complexity index is 837. The van der Waals surface area contributed by atoms with Gasteiger partial charge in [0.05, 0.1) is 0 Å². The van der Waals surface area contributed by atoms with Crippen LogP contribution in [0.3, 0.4) is 0 Å². The smallest absolute Gasteiger partial charge is 0.351 e. The van der Waals surface area contributed by atoms with E-state index in [4.69, 9.17) is 14.2 Å². The second kappa shape index (κ2) is 7.31. The fraction of sp³-hybridized carbons (Fsp3) is 0.136. The lowest BCUT2D eigenvalue weighted by atomic mass is 10.0. The van der Waals surface area contributed by atoms with Crippen LogP contribution in [0.5, 0.6) is 11.5 Å². The first kappa shape index (κ1) is 16.2. The van der Waals surface area contributed by atoms with Gasteiger partial charge in [-0.1, -0.05) is 72.8 Å². The van der Waals surface area contributed by atoms with Crippen molar-refractivity contribution < 1.29 is 19.0 Å². The van der Waals surface area contributed by atoms with E-state index in [2.05, 4.69) is 0 Å². The highest BCUT2D eigenvalue weighted by Crippen LogP contribution is 2.32. The molecule has 0 aliphatic carbocycles. The Labute approximate surface area is 152 Å². The molecule has 0 amide bonds. The van der Waals surface area contributed by atoms with Crippen molar-refractivity contribution in [2.75, 3.05) is 6.61 Å². The van der Waals surface area contributed by atoms with E-state index in [9.17, 15) is 4.79 Å². The van der Waals surface area contributed by atoms with E-state index >= 15 is 0 Å². The third-order valence-corrected chi connectivity index (χ3v) is 4.21. The molecule has 1 heterocycles. The van der Waals surface area contributed by atoms with Crippen molar-refractivity contribution in [3.05, 3.63) is 96.1 Å². The summed E-state index contributed by atoms with van der Waals surface area (Å²) < 4.78 is 17.2. The molecule has 3 aromatic rings. The van der Waals surface area contributed by atoms with E-state index < -0.39 is 18.2 Å². The van der Waals surface area contributed by atoms with Gasteiger partial charge in [-0.3, -0.25) is 0 Å². The van der Waals surface area contributed by atoms with Crippen molar-refractivity contribution >= 4 is 5.97 Å². The molecule has 0 spiro atoms. The summed E-state index contributed by atoms with van der Waals surface area (Å²) in [5.74, 6) is 0.744. The van der Waals surface area contributed by atoms with Crippen LogP contribution < -0.4 is 9.47 Å².